The van der Waals surface area contributed by atoms with Crippen LogP contribution in [0.2, 0.25) is 0 Å². The molecule has 4 nitrogen and oxygen atoms in total. The summed E-state index contributed by atoms with van der Waals surface area (Å²) >= 11 is 1.60. The fourth-order valence-corrected chi connectivity index (χ4v) is 4.90. The first-order chi connectivity index (χ1) is 13.5. The molecule has 2 aromatic carbocycles. The summed E-state index contributed by atoms with van der Waals surface area (Å²) in [6, 6.07) is 12.5. The van der Waals surface area contributed by atoms with Crippen LogP contribution < -0.4 is 4.90 Å². The van der Waals surface area contributed by atoms with Gasteiger partial charge in [-0.3, -0.25) is 9.69 Å². The van der Waals surface area contributed by atoms with Crippen molar-refractivity contribution in [3.8, 4) is 0 Å². The summed E-state index contributed by atoms with van der Waals surface area (Å²) in [4.78, 5) is 19.9. The summed E-state index contributed by atoms with van der Waals surface area (Å²) in [5, 5.41) is 0.774. The Morgan fingerprint density at radius 1 is 1.18 bits per heavy atom. The molecular formula is C23H26N2O2S. The molecule has 0 bridgehead atoms. The zero-order valence-electron chi connectivity index (χ0n) is 16.7. The minimum absolute atomic E-state index is 0.0767. The van der Waals surface area contributed by atoms with E-state index in [1.54, 1.807) is 11.3 Å². The fourth-order valence-electron chi connectivity index (χ4n) is 3.73. The van der Waals surface area contributed by atoms with Gasteiger partial charge in [0, 0.05) is 6.61 Å². The van der Waals surface area contributed by atoms with Gasteiger partial charge in [0.1, 0.15) is 0 Å². The van der Waals surface area contributed by atoms with Crippen molar-refractivity contribution in [2.24, 2.45) is 0 Å². The Morgan fingerprint density at radius 2 is 1.96 bits per heavy atom. The van der Waals surface area contributed by atoms with Crippen LogP contribution in [0.5, 0.6) is 0 Å². The van der Waals surface area contributed by atoms with Crippen LogP contribution >= 0.6 is 11.3 Å². The van der Waals surface area contributed by atoms with Crippen molar-refractivity contribution in [1.29, 1.82) is 0 Å². The monoisotopic (exact) mass is 394 g/mol. The average Bonchev–Trinajstić information content (AvgIpc) is 3.31. The zero-order valence-corrected chi connectivity index (χ0v) is 17.5. The van der Waals surface area contributed by atoms with Gasteiger partial charge in [0.05, 0.1) is 29.3 Å². The minimum atomic E-state index is 0.0767. The molecule has 2 heterocycles. The Morgan fingerprint density at radius 3 is 2.68 bits per heavy atom. The number of carbonyl (C=O) groups is 1. The third-order valence-corrected chi connectivity index (χ3v) is 6.26. The van der Waals surface area contributed by atoms with Crippen LogP contribution in [0, 0.1) is 20.8 Å². The molecule has 1 aliphatic rings. The van der Waals surface area contributed by atoms with Crippen LogP contribution in [0.1, 0.15) is 35.1 Å². The highest BCUT2D eigenvalue weighted by Gasteiger charge is 2.26. The molecule has 1 amide bonds. The Balaban J connectivity index is 1.65. The van der Waals surface area contributed by atoms with Crippen LogP contribution in [0.25, 0.3) is 10.2 Å². The largest absolute Gasteiger partial charge is 0.376 e. The molecule has 3 aromatic rings. The lowest BCUT2D eigenvalue weighted by atomic mass is 10.1. The molecule has 4 rings (SSSR count). The molecule has 1 unspecified atom stereocenters. The van der Waals surface area contributed by atoms with E-state index in [1.165, 1.54) is 11.1 Å². The third kappa shape index (κ3) is 4.10. The standard InChI is InChI=1S/C23H26N2O2S/c1-15-6-8-18(9-7-15)13-21(26)25(14-19-5-4-10-27-19)23-24-22-17(3)11-16(2)12-20(22)28-23/h6-9,11-12,19H,4-5,10,13-14H2,1-3H3. The smallest absolute Gasteiger partial charge is 0.233 e. The molecule has 0 spiro atoms. The van der Waals surface area contributed by atoms with Gasteiger partial charge >= 0.3 is 0 Å². The van der Waals surface area contributed by atoms with Gasteiger partial charge in [-0.2, -0.15) is 0 Å². The number of benzene rings is 2. The Bertz CT molecular complexity index is 988. The molecule has 0 N–H and O–H groups in total. The van der Waals surface area contributed by atoms with E-state index in [2.05, 4.69) is 45.0 Å². The first kappa shape index (κ1) is 19.1. The molecular weight excluding hydrogens is 368 g/mol. The lowest BCUT2D eigenvalue weighted by Gasteiger charge is -2.23. The van der Waals surface area contributed by atoms with Crippen LogP contribution in [-0.4, -0.2) is 30.1 Å². The summed E-state index contributed by atoms with van der Waals surface area (Å²) in [6.45, 7) is 7.59. The number of nitrogens with zero attached hydrogens (tertiary/aromatic N) is 2. The first-order valence-electron chi connectivity index (χ1n) is 9.85. The van der Waals surface area contributed by atoms with E-state index in [9.17, 15) is 4.79 Å². The first-order valence-corrected chi connectivity index (χ1v) is 10.7. The highest BCUT2D eigenvalue weighted by molar-refractivity contribution is 7.22. The van der Waals surface area contributed by atoms with Crippen LogP contribution in [-0.2, 0) is 16.0 Å². The summed E-state index contributed by atoms with van der Waals surface area (Å²) < 4.78 is 6.95. The Kier molecular flexibility index (Phi) is 5.47. The van der Waals surface area contributed by atoms with Gasteiger partial charge in [0.15, 0.2) is 5.13 Å². The van der Waals surface area contributed by atoms with Crippen LogP contribution in [0.4, 0.5) is 5.13 Å². The van der Waals surface area contributed by atoms with E-state index in [4.69, 9.17) is 9.72 Å². The summed E-state index contributed by atoms with van der Waals surface area (Å²) in [5.41, 5.74) is 5.59. The van der Waals surface area contributed by atoms with Gasteiger partial charge in [0.2, 0.25) is 5.91 Å². The fraction of sp³-hybridized carbons (Fsp3) is 0.391. The van der Waals surface area contributed by atoms with Gasteiger partial charge < -0.3 is 4.74 Å². The molecule has 0 aliphatic carbocycles. The number of amides is 1. The number of carbonyl (C=O) groups excluding carboxylic acids is 1. The predicted octanol–water partition coefficient (Wildman–Crippen LogP) is 4.98. The molecule has 1 atom stereocenters. The molecule has 0 saturated carbocycles. The number of anilines is 1. The van der Waals surface area contributed by atoms with Crippen molar-refractivity contribution >= 4 is 32.6 Å². The molecule has 5 heteroatoms. The second-order valence-electron chi connectivity index (χ2n) is 7.73. The Labute approximate surface area is 170 Å². The maximum absolute atomic E-state index is 13.3. The highest BCUT2D eigenvalue weighted by atomic mass is 32.1. The van der Waals surface area contributed by atoms with Crippen molar-refractivity contribution in [2.75, 3.05) is 18.1 Å². The third-order valence-electron chi connectivity index (χ3n) is 5.24. The van der Waals surface area contributed by atoms with Crippen molar-refractivity contribution in [3.05, 3.63) is 58.7 Å². The number of hydrogen-bond acceptors (Lipinski definition) is 4. The number of aryl methyl sites for hydroxylation is 3. The van der Waals surface area contributed by atoms with E-state index in [0.717, 1.165) is 45.9 Å². The van der Waals surface area contributed by atoms with Gasteiger partial charge in [0.25, 0.3) is 0 Å². The van der Waals surface area contributed by atoms with Crippen molar-refractivity contribution in [3.63, 3.8) is 0 Å². The number of rotatable bonds is 5. The topological polar surface area (TPSA) is 42.4 Å². The van der Waals surface area contributed by atoms with Crippen LogP contribution in [0.3, 0.4) is 0 Å². The second kappa shape index (κ2) is 8.02. The number of hydrogen-bond donors (Lipinski definition) is 0. The maximum atomic E-state index is 13.3. The molecule has 146 valence electrons. The number of thiazole rings is 1. The normalized spacial score (nSPS) is 16.6. The van der Waals surface area contributed by atoms with Crippen molar-refractivity contribution in [1.82, 2.24) is 4.98 Å². The van der Waals surface area contributed by atoms with Gasteiger partial charge in [-0.1, -0.05) is 47.2 Å². The zero-order chi connectivity index (χ0) is 19.7. The van der Waals surface area contributed by atoms with Gasteiger partial charge in [-0.15, -0.1) is 0 Å². The molecule has 1 aliphatic heterocycles. The lowest BCUT2D eigenvalue weighted by molar-refractivity contribution is -0.118. The van der Waals surface area contributed by atoms with Gasteiger partial charge in [-0.25, -0.2) is 4.98 Å². The van der Waals surface area contributed by atoms with Gasteiger partial charge in [-0.05, 0) is 56.4 Å². The molecule has 1 saturated heterocycles. The highest BCUT2D eigenvalue weighted by Crippen LogP contribution is 2.32. The lowest BCUT2D eigenvalue weighted by Crippen LogP contribution is -2.38. The predicted molar refractivity (Wildman–Crippen MR) is 115 cm³/mol. The molecule has 1 fully saturated rings. The van der Waals surface area contributed by atoms with E-state index < -0.39 is 0 Å². The number of ether oxygens (including phenoxy) is 1. The average molecular weight is 395 g/mol. The number of aromatic nitrogens is 1. The van der Waals surface area contributed by atoms with Crippen molar-refractivity contribution in [2.45, 2.75) is 46.1 Å². The summed E-state index contributed by atoms with van der Waals surface area (Å²) in [5.74, 6) is 0.0767. The molecule has 0 radical (unpaired) electrons. The van der Waals surface area contributed by atoms with E-state index >= 15 is 0 Å². The molecule has 1 aromatic heterocycles. The molecule has 28 heavy (non-hydrogen) atoms. The maximum Gasteiger partial charge on any atom is 0.233 e. The van der Waals surface area contributed by atoms with Crippen molar-refractivity contribution < 1.29 is 9.53 Å². The Hall–Kier alpha value is -2.24. The minimum Gasteiger partial charge on any atom is -0.376 e. The second-order valence-corrected chi connectivity index (χ2v) is 8.74. The van der Waals surface area contributed by atoms with E-state index in [0.29, 0.717) is 13.0 Å². The quantitative estimate of drug-likeness (QED) is 0.613. The van der Waals surface area contributed by atoms with E-state index in [1.807, 2.05) is 17.0 Å². The van der Waals surface area contributed by atoms with Crippen LogP contribution in [0.15, 0.2) is 36.4 Å². The van der Waals surface area contributed by atoms with E-state index in [-0.39, 0.29) is 12.0 Å². The number of fused-ring (bicyclic) bond motifs is 1. The summed E-state index contributed by atoms with van der Waals surface area (Å²) in [7, 11) is 0. The summed E-state index contributed by atoms with van der Waals surface area (Å²) in [6.07, 6.45) is 2.53. The SMILES string of the molecule is Cc1ccc(CC(=O)N(CC2CCCO2)c2nc3c(C)cc(C)cc3s2)cc1.